The van der Waals surface area contributed by atoms with Crippen LogP contribution in [-0.2, 0) is 6.42 Å². The predicted molar refractivity (Wildman–Crippen MR) is 69.2 cm³/mol. The van der Waals surface area contributed by atoms with Gasteiger partial charge in [0, 0.05) is 44.0 Å². The Bertz CT molecular complexity index is 318. The molecule has 0 aliphatic carbocycles. The zero-order chi connectivity index (χ0) is 11.4. The minimum absolute atomic E-state index is 0.573. The second kappa shape index (κ2) is 5.75. The number of piperazine rings is 1. The van der Waals surface area contributed by atoms with Crippen molar-refractivity contribution < 1.29 is 0 Å². The van der Waals surface area contributed by atoms with Crippen molar-refractivity contribution in [2.45, 2.75) is 26.2 Å². The highest BCUT2D eigenvalue weighted by Gasteiger charge is 2.16. The van der Waals surface area contributed by atoms with Crippen LogP contribution in [-0.4, -0.2) is 42.6 Å². The molecule has 1 atom stereocenters. The first-order valence-corrected chi connectivity index (χ1v) is 7.05. The molecule has 4 heteroatoms. The van der Waals surface area contributed by atoms with Gasteiger partial charge >= 0.3 is 0 Å². The van der Waals surface area contributed by atoms with Crippen molar-refractivity contribution in [2.24, 2.45) is 0 Å². The van der Waals surface area contributed by atoms with Crippen molar-refractivity contribution in [3.63, 3.8) is 0 Å². The molecule has 1 saturated heterocycles. The van der Waals surface area contributed by atoms with E-state index in [1.54, 1.807) is 0 Å². The molecule has 0 saturated carbocycles. The van der Waals surface area contributed by atoms with E-state index in [-0.39, 0.29) is 0 Å². The molecule has 2 rings (SSSR count). The minimum Gasteiger partial charge on any atom is -0.314 e. The standard InChI is InChI=1S/C12H21N3S/c1-3-11-9-16-12(14-11)10(2)8-15-6-4-13-5-7-15/h9-10,13H,3-8H2,1-2H3. The van der Waals surface area contributed by atoms with Crippen LogP contribution >= 0.6 is 11.3 Å². The van der Waals surface area contributed by atoms with Crippen LogP contribution in [0, 0.1) is 0 Å². The molecule has 1 unspecified atom stereocenters. The average molecular weight is 239 g/mol. The molecule has 0 spiro atoms. The number of aromatic nitrogens is 1. The maximum Gasteiger partial charge on any atom is 0.0969 e. The second-order valence-corrected chi connectivity index (χ2v) is 5.37. The molecule has 0 aromatic carbocycles. The summed E-state index contributed by atoms with van der Waals surface area (Å²) < 4.78 is 0. The Labute approximate surface area is 102 Å². The van der Waals surface area contributed by atoms with Crippen LogP contribution in [0.5, 0.6) is 0 Å². The molecule has 90 valence electrons. The van der Waals surface area contributed by atoms with E-state index in [9.17, 15) is 0 Å². The summed E-state index contributed by atoms with van der Waals surface area (Å²) in [5.41, 5.74) is 1.24. The molecule has 3 nitrogen and oxygen atoms in total. The third-order valence-corrected chi connectivity index (χ3v) is 4.22. The number of nitrogens with zero attached hydrogens (tertiary/aromatic N) is 2. The Morgan fingerprint density at radius 2 is 2.25 bits per heavy atom. The molecular formula is C12H21N3S. The lowest BCUT2D eigenvalue weighted by molar-refractivity contribution is 0.230. The molecule has 0 bridgehead atoms. The topological polar surface area (TPSA) is 28.2 Å². The molecule has 1 N–H and O–H groups in total. The molecular weight excluding hydrogens is 218 g/mol. The smallest absolute Gasteiger partial charge is 0.0969 e. The van der Waals surface area contributed by atoms with E-state index < -0.39 is 0 Å². The SMILES string of the molecule is CCc1csc(C(C)CN2CCNCC2)n1. The number of thiazole rings is 1. The van der Waals surface area contributed by atoms with E-state index in [4.69, 9.17) is 0 Å². The Balaban J connectivity index is 1.88. The highest BCUT2D eigenvalue weighted by molar-refractivity contribution is 7.09. The van der Waals surface area contributed by atoms with Crippen molar-refractivity contribution >= 4 is 11.3 Å². The van der Waals surface area contributed by atoms with Gasteiger partial charge in [-0.25, -0.2) is 4.98 Å². The zero-order valence-electron chi connectivity index (χ0n) is 10.2. The van der Waals surface area contributed by atoms with Crippen LogP contribution in [0.1, 0.15) is 30.5 Å². The average Bonchev–Trinajstić information content (AvgIpc) is 2.79. The lowest BCUT2D eigenvalue weighted by atomic mass is 10.1. The van der Waals surface area contributed by atoms with Crippen LogP contribution in [0.3, 0.4) is 0 Å². The monoisotopic (exact) mass is 239 g/mol. The summed E-state index contributed by atoms with van der Waals surface area (Å²) in [5, 5.41) is 6.89. The molecule has 1 aliphatic rings. The number of rotatable bonds is 4. The second-order valence-electron chi connectivity index (χ2n) is 4.48. The van der Waals surface area contributed by atoms with Gasteiger partial charge in [-0.2, -0.15) is 0 Å². The van der Waals surface area contributed by atoms with Crippen molar-refractivity contribution in [3.8, 4) is 0 Å². The van der Waals surface area contributed by atoms with Crippen molar-refractivity contribution in [2.75, 3.05) is 32.7 Å². The molecule has 1 aromatic rings. The maximum atomic E-state index is 4.67. The van der Waals surface area contributed by atoms with Gasteiger partial charge in [-0.3, -0.25) is 0 Å². The van der Waals surface area contributed by atoms with Gasteiger partial charge in [0.2, 0.25) is 0 Å². The number of nitrogens with one attached hydrogen (secondary N) is 1. The third kappa shape index (κ3) is 3.03. The fourth-order valence-corrected chi connectivity index (χ4v) is 3.02. The van der Waals surface area contributed by atoms with E-state index in [0.717, 1.165) is 26.1 Å². The summed E-state index contributed by atoms with van der Waals surface area (Å²) in [6.07, 6.45) is 1.05. The predicted octanol–water partition coefficient (Wildman–Crippen LogP) is 1.71. The van der Waals surface area contributed by atoms with E-state index >= 15 is 0 Å². The van der Waals surface area contributed by atoms with Gasteiger partial charge in [0.1, 0.15) is 0 Å². The fraction of sp³-hybridized carbons (Fsp3) is 0.750. The lowest BCUT2D eigenvalue weighted by Crippen LogP contribution is -2.44. The highest BCUT2D eigenvalue weighted by Crippen LogP contribution is 2.21. The molecule has 1 aromatic heterocycles. The molecule has 1 aliphatic heterocycles. The van der Waals surface area contributed by atoms with Gasteiger partial charge in [0.15, 0.2) is 0 Å². The molecule has 0 amide bonds. The molecule has 2 heterocycles. The third-order valence-electron chi connectivity index (χ3n) is 3.09. The Kier molecular flexibility index (Phi) is 4.32. The van der Waals surface area contributed by atoms with E-state index in [1.807, 2.05) is 11.3 Å². The van der Waals surface area contributed by atoms with Gasteiger partial charge in [-0.15, -0.1) is 11.3 Å². The fourth-order valence-electron chi connectivity index (χ4n) is 2.07. The van der Waals surface area contributed by atoms with Gasteiger partial charge in [-0.05, 0) is 6.42 Å². The van der Waals surface area contributed by atoms with Gasteiger partial charge < -0.3 is 10.2 Å². The Hall–Kier alpha value is -0.450. The quantitative estimate of drug-likeness (QED) is 0.867. The van der Waals surface area contributed by atoms with Gasteiger partial charge in [0.25, 0.3) is 0 Å². The highest BCUT2D eigenvalue weighted by atomic mass is 32.1. The lowest BCUT2D eigenvalue weighted by Gasteiger charge is -2.29. The van der Waals surface area contributed by atoms with Crippen molar-refractivity contribution in [3.05, 3.63) is 16.1 Å². The van der Waals surface area contributed by atoms with Crippen molar-refractivity contribution in [1.82, 2.24) is 15.2 Å². The van der Waals surface area contributed by atoms with Crippen LogP contribution in [0.15, 0.2) is 5.38 Å². The number of hydrogen-bond acceptors (Lipinski definition) is 4. The molecule has 1 fully saturated rings. The summed E-state index contributed by atoms with van der Waals surface area (Å²) in [7, 11) is 0. The zero-order valence-corrected chi connectivity index (χ0v) is 11.0. The maximum absolute atomic E-state index is 4.67. The summed E-state index contributed by atoms with van der Waals surface area (Å²) >= 11 is 1.82. The van der Waals surface area contributed by atoms with Crippen molar-refractivity contribution in [1.29, 1.82) is 0 Å². The number of hydrogen-bond donors (Lipinski definition) is 1. The van der Waals surface area contributed by atoms with E-state index in [2.05, 4.69) is 34.4 Å². The first-order chi connectivity index (χ1) is 7.79. The Morgan fingerprint density at radius 1 is 1.50 bits per heavy atom. The minimum atomic E-state index is 0.573. The Morgan fingerprint density at radius 3 is 2.88 bits per heavy atom. The largest absolute Gasteiger partial charge is 0.314 e. The summed E-state index contributed by atoms with van der Waals surface area (Å²) in [5.74, 6) is 0.573. The molecule has 0 radical (unpaired) electrons. The summed E-state index contributed by atoms with van der Waals surface area (Å²) in [4.78, 5) is 7.21. The first-order valence-electron chi connectivity index (χ1n) is 6.17. The normalized spacial score (nSPS) is 19.9. The summed E-state index contributed by atoms with van der Waals surface area (Å²) in [6.45, 7) is 10.2. The van der Waals surface area contributed by atoms with Gasteiger partial charge in [0.05, 0.1) is 10.7 Å². The van der Waals surface area contributed by atoms with E-state index in [0.29, 0.717) is 5.92 Å². The first kappa shape index (κ1) is 12.0. The van der Waals surface area contributed by atoms with Crippen LogP contribution < -0.4 is 5.32 Å². The van der Waals surface area contributed by atoms with Gasteiger partial charge in [-0.1, -0.05) is 13.8 Å². The number of aryl methyl sites for hydroxylation is 1. The summed E-state index contributed by atoms with van der Waals surface area (Å²) in [6, 6.07) is 0. The van der Waals surface area contributed by atoms with E-state index in [1.165, 1.54) is 23.8 Å². The van der Waals surface area contributed by atoms with Crippen LogP contribution in [0.2, 0.25) is 0 Å². The van der Waals surface area contributed by atoms with Crippen LogP contribution in [0.25, 0.3) is 0 Å². The van der Waals surface area contributed by atoms with Crippen LogP contribution in [0.4, 0.5) is 0 Å². The molecule has 16 heavy (non-hydrogen) atoms.